The van der Waals surface area contributed by atoms with E-state index in [-0.39, 0.29) is 16.7 Å². The second kappa shape index (κ2) is 9.43. The number of carbonyl (C=O) groups excluding carboxylic acids is 1. The van der Waals surface area contributed by atoms with Crippen LogP contribution < -0.4 is 9.47 Å². The Balaban J connectivity index is 0.00000163. The molecular formula is C23H38O3. The van der Waals surface area contributed by atoms with E-state index < -0.39 is 0 Å². The SMILES string of the molecule is CC.CCCCC1(c2ccc(OC)c(OC)c2)CCC(=O)C(C)(C)C1C. The Morgan fingerprint density at radius 3 is 2.27 bits per heavy atom. The Labute approximate surface area is 160 Å². The van der Waals surface area contributed by atoms with Crippen LogP contribution in [0.25, 0.3) is 0 Å². The van der Waals surface area contributed by atoms with Crippen molar-refractivity contribution in [3.63, 3.8) is 0 Å². The Hall–Kier alpha value is -1.51. The van der Waals surface area contributed by atoms with Crippen LogP contribution >= 0.6 is 0 Å². The predicted octanol–water partition coefficient (Wildman–Crippen LogP) is 6.18. The molecule has 0 amide bonds. The molecular weight excluding hydrogens is 324 g/mol. The molecule has 1 aromatic rings. The normalized spacial score (nSPS) is 24.5. The van der Waals surface area contributed by atoms with E-state index >= 15 is 0 Å². The van der Waals surface area contributed by atoms with Gasteiger partial charge in [0.05, 0.1) is 14.2 Å². The molecule has 0 bridgehead atoms. The first kappa shape index (κ1) is 22.5. The van der Waals surface area contributed by atoms with Crippen LogP contribution in [-0.2, 0) is 10.2 Å². The number of ketones is 1. The van der Waals surface area contributed by atoms with Crippen LogP contribution in [0.1, 0.15) is 79.2 Å². The number of carbonyl (C=O) groups is 1. The van der Waals surface area contributed by atoms with E-state index in [0.29, 0.717) is 12.2 Å². The minimum atomic E-state index is -0.293. The highest BCUT2D eigenvalue weighted by atomic mass is 16.5. The Bertz CT molecular complexity index is 591. The summed E-state index contributed by atoms with van der Waals surface area (Å²) >= 11 is 0. The molecule has 3 nitrogen and oxygen atoms in total. The molecule has 1 aliphatic rings. The number of rotatable bonds is 6. The fourth-order valence-electron chi connectivity index (χ4n) is 4.33. The van der Waals surface area contributed by atoms with Gasteiger partial charge in [0.15, 0.2) is 11.5 Å². The number of hydrogen-bond donors (Lipinski definition) is 0. The second-order valence-electron chi connectivity index (χ2n) is 7.70. The van der Waals surface area contributed by atoms with Crippen LogP contribution in [0.4, 0.5) is 0 Å². The van der Waals surface area contributed by atoms with E-state index in [2.05, 4.69) is 39.8 Å². The molecule has 1 aliphatic carbocycles. The summed E-state index contributed by atoms with van der Waals surface area (Å²) in [5, 5.41) is 0. The van der Waals surface area contributed by atoms with E-state index in [1.54, 1.807) is 14.2 Å². The fraction of sp³-hybridized carbons (Fsp3) is 0.696. The molecule has 26 heavy (non-hydrogen) atoms. The fourth-order valence-corrected chi connectivity index (χ4v) is 4.33. The van der Waals surface area contributed by atoms with Gasteiger partial charge in [-0.25, -0.2) is 0 Å². The predicted molar refractivity (Wildman–Crippen MR) is 109 cm³/mol. The number of benzene rings is 1. The van der Waals surface area contributed by atoms with E-state index in [4.69, 9.17) is 9.47 Å². The number of unbranched alkanes of at least 4 members (excludes halogenated alkanes) is 1. The van der Waals surface area contributed by atoms with Crippen molar-refractivity contribution in [3.8, 4) is 11.5 Å². The summed E-state index contributed by atoms with van der Waals surface area (Å²) in [5.74, 6) is 2.21. The maximum atomic E-state index is 12.5. The van der Waals surface area contributed by atoms with Gasteiger partial charge in [0, 0.05) is 11.8 Å². The van der Waals surface area contributed by atoms with Crippen LogP contribution in [0.3, 0.4) is 0 Å². The average molecular weight is 363 g/mol. The summed E-state index contributed by atoms with van der Waals surface area (Å²) < 4.78 is 10.9. The molecule has 2 unspecified atom stereocenters. The second-order valence-corrected chi connectivity index (χ2v) is 7.70. The van der Waals surface area contributed by atoms with E-state index in [0.717, 1.165) is 30.8 Å². The number of Topliss-reactive ketones (excluding diaryl/α,β-unsaturated/α-hetero) is 1. The van der Waals surface area contributed by atoms with Crippen molar-refractivity contribution in [1.82, 2.24) is 0 Å². The molecule has 1 saturated carbocycles. The first-order valence-electron chi connectivity index (χ1n) is 10.1. The standard InChI is InChI=1S/C21H32O3.C2H6/c1-7-8-12-21(13-11-19(22)20(3,4)15(21)2)16-9-10-17(23-5)18(14-16)24-6;1-2/h9-10,14-15H,7-8,11-13H2,1-6H3;1-2H3. The van der Waals surface area contributed by atoms with Crippen LogP contribution in [0.5, 0.6) is 11.5 Å². The lowest BCUT2D eigenvalue weighted by atomic mass is 9.52. The van der Waals surface area contributed by atoms with Crippen molar-refractivity contribution in [2.24, 2.45) is 11.3 Å². The average Bonchev–Trinajstić information content (AvgIpc) is 2.67. The van der Waals surface area contributed by atoms with Crippen LogP contribution in [-0.4, -0.2) is 20.0 Å². The topological polar surface area (TPSA) is 35.5 Å². The van der Waals surface area contributed by atoms with Gasteiger partial charge in [-0.3, -0.25) is 4.79 Å². The molecule has 2 rings (SSSR count). The molecule has 1 fully saturated rings. The van der Waals surface area contributed by atoms with Crippen molar-refractivity contribution < 1.29 is 14.3 Å². The van der Waals surface area contributed by atoms with Crippen molar-refractivity contribution in [1.29, 1.82) is 0 Å². The molecule has 1 aromatic carbocycles. The third-order valence-electron chi connectivity index (χ3n) is 6.36. The Morgan fingerprint density at radius 2 is 1.73 bits per heavy atom. The summed E-state index contributed by atoms with van der Waals surface area (Å²) in [5.41, 5.74) is 1.01. The third-order valence-corrected chi connectivity index (χ3v) is 6.36. The molecule has 0 aliphatic heterocycles. The maximum Gasteiger partial charge on any atom is 0.161 e. The van der Waals surface area contributed by atoms with Crippen LogP contribution in [0, 0.1) is 11.3 Å². The molecule has 3 heteroatoms. The van der Waals surface area contributed by atoms with Gasteiger partial charge in [-0.05, 0) is 41.9 Å². The summed E-state index contributed by atoms with van der Waals surface area (Å²) in [6.07, 6.45) is 5.03. The smallest absolute Gasteiger partial charge is 0.161 e. The highest BCUT2D eigenvalue weighted by molar-refractivity contribution is 5.85. The van der Waals surface area contributed by atoms with Gasteiger partial charge >= 0.3 is 0 Å². The summed E-state index contributed by atoms with van der Waals surface area (Å²) in [6, 6.07) is 6.29. The first-order valence-corrected chi connectivity index (χ1v) is 10.1. The van der Waals surface area contributed by atoms with E-state index in [1.807, 2.05) is 19.9 Å². The van der Waals surface area contributed by atoms with Gasteiger partial charge in [-0.15, -0.1) is 0 Å². The first-order chi connectivity index (χ1) is 12.3. The zero-order valence-corrected chi connectivity index (χ0v) is 18.1. The number of methoxy groups -OCH3 is 2. The van der Waals surface area contributed by atoms with Gasteiger partial charge in [-0.2, -0.15) is 0 Å². The highest BCUT2D eigenvalue weighted by Gasteiger charge is 2.51. The molecule has 0 radical (unpaired) electrons. The van der Waals surface area contributed by atoms with Crippen LogP contribution in [0.2, 0.25) is 0 Å². The number of hydrogen-bond acceptors (Lipinski definition) is 3. The molecule has 0 heterocycles. The maximum absolute atomic E-state index is 12.5. The van der Waals surface area contributed by atoms with Crippen molar-refractivity contribution >= 4 is 5.78 Å². The van der Waals surface area contributed by atoms with Gasteiger partial charge < -0.3 is 9.47 Å². The molecule has 0 saturated heterocycles. The molecule has 148 valence electrons. The summed E-state index contributed by atoms with van der Waals surface area (Å²) in [6.45, 7) is 12.7. The van der Waals surface area contributed by atoms with Crippen molar-refractivity contribution in [3.05, 3.63) is 23.8 Å². The van der Waals surface area contributed by atoms with Gasteiger partial charge in [-0.1, -0.05) is 60.5 Å². The molecule has 0 N–H and O–H groups in total. The monoisotopic (exact) mass is 362 g/mol. The largest absolute Gasteiger partial charge is 0.493 e. The summed E-state index contributed by atoms with van der Waals surface area (Å²) in [7, 11) is 3.34. The van der Waals surface area contributed by atoms with E-state index in [1.165, 1.54) is 12.0 Å². The van der Waals surface area contributed by atoms with Crippen LogP contribution in [0.15, 0.2) is 18.2 Å². The Kier molecular flexibility index (Phi) is 8.17. The minimum Gasteiger partial charge on any atom is -0.493 e. The lowest BCUT2D eigenvalue weighted by Gasteiger charge is -2.51. The molecule has 0 aromatic heterocycles. The highest BCUT2D eigenvalue weighted by Crippen LogP contribution is 2.54. The van der Waals surface area contributed by atoms with Crippen molar-refractivity contribution in [2.45, 2.75) is 79.1 Å². The zero-order valence-electron chi connectivity index (χ0n) is 18.1. The summed E-state index contributed by atoms with van der Waals surface area (Å²) in [4.78, 5) is 12.5. The lowest BCUT2D eigenvalue weighted by Crippen LogP contribution is -2.50. The van der Waals surface area contributed by atoms with Gasteiger partial charge in [0.25, 0.3) is 0 Å². The molecule has 0 spiro atoms. The Morgan fingerprint density at radius 1 is 1.12 bits per heavy atom. The van der Waals surface area contributed by atoms with Gasteiger partial charge in [0.2, 0.25) is 0 Å². The van der Waals surface area contributed by atoms with E-state index in [9.17, 15) is 4.79 Å². The third kappa shape index (κ3) is 4.07. The lowest BCUT2D eigenvalue weighted by molar-refractivity contribution is -0.136. The number of ether oxygens (including phenoxy) is 2. The van der Waals surface area contributed by atoms with Crippen molar-refractivity contribution in [2.75, 3.05) is 14.2 Å². The quantitative estimate of drug-likeness (QED) is 0.606. The zero-order chi connectivity index (χ0) is 20.0. The minimum absolute atomic E-state index is 0.0208. The molecule has 2 atom stereocenters. The van der Waals surface area contributed by atoms with Gasteiger partial charge in [0.1, 0.15) is 5.78 Å².